The Kier molecular flexibility index (Phi) is 5.25. The van der Waals surface area contributed by atoms with Crippen LogP contribution in [0.3, 0.4) is 0 Å². The van der Waals surface area contributed by atoms with Crippen molar-refractivity contribution in [1.82, 2.24) is 24.8 Å². The van der Waals surface area contributed by atoms with Gasteiger partial charge in [0.15, 0.2) is 0 Å². The van der Waals surface area contributed by atoms with Crippen molar-refractivity contribution in [3.63, 3.8) is 0 Å². The second kappa shape index (κ2) is 8.14. The SMILES string of the molecule is O=C(c1ccccc1)N1CCCN(Cc2cnn(-c3ccccc3)n2)CC1. The molecule has 0 saturated carbocycles. The third kappa shape index (κ3) is 4.23. The van der Waals surface area contributed by atoms with Gasteiger partial charge in [-0.05, 0) is 30.7 Å². The first kappa shape index (κ1) is 17.4. The van der Waals surface area contributed by atoms with E-state index < -0.39 is 0 Å². The van der Waals surface area contributed by atoms with E-state index in [4.69, 9.17) is 0 Å². The molecule has 3 aromatic rings. The van der Waals surface area contributed by atoms with E-state index in [1.165, 1.54) is 0 Å². The molecule has 1 fully saturated rings. The van der Waals surface area contributed by atoms with E-state index in [0.29, 0.717) is 0 Å². The number of carbonyl (C=O) groups excluding carboxylic acids is 1. The number of aromatic nitrogens is 3. The maximum absolute atomic E-state index is 12.7. The molecule has 6 heteroatoms. The molecule has 1 aliphatic heterocycles. The maximum atomic E-state index is 12.7. The zero-order valence-electron chi connectivity index (χ0n) is 15.2. The predicted molar refractivity (Wildman–Crippen MR) is 104 cm³/mol. The van der Waals surface area contributed by atoms with Crippen molar-refractivity contribution in [3.05, 3.63) is 78.1 Å². The maximum Gasteiger partial charge on any atom is 0.253 e. The van der Waals surface area contributed by atoms with Gasteiger partial charge in [-0.1, -0.05) is 36.4 Å². The minimum absolute atomic E-state index is 0.118. The standard InChI is InChI=1S/C21H23N5O/c27-21(18-8-3-1-4-9-18)25-13-7-12-24(14-15-25)17-19-16-22-26(23-19)20-10-5-2-6-11-20/h1-6,8-11,16H,7,12-15,17H2. The van der Waals surface area contributed by atoms with Crippen LogP contribution in [-0.2, 0) is 6.54 Å². The van der Waals surface area contributed by atoms with Gasteiger partial charge in [-0.25, -0.2) is 0 Å². The van der Waals surface area contributed by atoms with Crippen LogP contribution in [0.1, 0.15) is 22.5 Å². The minimum atomic E-state index is 0.118. The summed E-state index contributed by atoms with van der Waals surface area (Å²) in [5.74, 6) is 0.118. The van der Waals surface area contributed by atoms with E-state index in [1.807, 2.05) is 71.8 Å². The number of benzene rings is 2. The Morgan fingerprint density at radius 1 is 0.889 bits per heavy atom. The first-order valence-electron chi connectivity index (χ1n) is 9.33. The molecule has 138 valence electrons. The van der Waals surface area contributed by atoms with E-state index in [0.717, 1.165) is 56.1 Å². The molecule has 27 heavy (non-hydrogen) atoms. The van der Waals surface area contributed by atoms with E-state index in [1.54, 1.807) is 4.80 Å². The van der Waals surface area contributed by atoms with Crippen molar-refractivity contribution in [2.24, 2.45) is 0 Å². The highest BCUT2D eigenvalue weighted by atomic mass is 16.2. The Balaban J connectivity index is 1.36. The number of rotatable bonds is 4. The smallest absolute Gasteiger partial charge is 0.253 e. The minimum Gasteiger partial charge on any atom is -0.337 e. The Bertz CT molecular complexity index is 878. The molecular formula is C21H23N5O. The zero-order valence-corrected chi connectivity index (χ0v) is 15.2. The Morgan fingerprint density at radius 2 is 1.63 bits per heavy atom. The van der Waals surface area contributed by atoms with Crippen LogP contribution in [0.15, 0.2) is 66.9 Å². The van der Waals surface area contributed by atoms with Crippen LogP contribution in [0.4, 0.5) is 0 Å². The molecule has 0 radical (unpaired) electrons. The molecule has 1 aromatic heterocycles. The fourth-order valence-corrected chi connectivity index (χ4v) is 3.38. The molecule has 0 unspecified atom stereocenters. The summed E-state index contributed by atoms with van der Waals surface area (Å²) in [6, 6.07) is 19.4. The highest BCUT2D eigenvalue weighted by Crippen LogP contribution is 2.12. The third-order valence-electron chi connectivity index (χ3n) is 4.81. The average Bonchev–Trinajstić information content (AvgIpc) is 3.07. The molecule has 4 rings (SSSR count). The van der Waals surface area contributed by atoms with Crippen LogP contribution in [0, 0.1) is 0 Å². The molecule has 0 bridgehead atoms. The monoisotopic (exact) mass is 361 g/mol. The second-order valence-corrected chi connectivity index (χ2v) is 6.75. The lowest BCUT2D eigenvalue weighted by atomic mass is 10.2. The molecule has 1 aliphatic rings. The van der Waals surface area contributed by atoms with Gasteiger partial charge in [0.05, 0.1) is 17.6 Å². The summed E-state index contributed by atoms with van der Waals surface area (Å²) in [5.41, 5.74) is 2.66. The number of nitrogens with zero attached hydrogens (tertiary/aromatic N) is 5. The summed E-state index contributed by atoms with van der Waals surface area (Å²) in [5, 5.41) is 8.96. The summed E-state index contributed by atoms with van der Waals surface area (Å²) in [6.45, 7) is 4.08. The van der Waals surface area contributed by atoms with E-state index >= 15 is 0 Å². The average molecular weight is 361 g/mol. The van der Waals surface area contributed by atoms with Crippen LogP contribution in [0.5, 0.6) is 0 Å². The van der Waals surface area contributed by atoms with Gasteiger partial charge in [0, 0.05) is 38.3 Å². The summed E-state index contributed by atoms with van der Waals surface area (Å²) in [6.07, 6.45) is 2.79. The van der Waals surface area contributed by atoms with Crippen LogP contribution in [-0.4, -0.2) is 56.9 Å². The number of para-hydroxylation sites is 1. The van der Waals surface area contributed by atoms with Gasteiger partial charge in [0.25, 0.3) is 5.91 Å². The fourth-order valence-electron chi connectivity index (χ4n) is 3.38. The Morgan fingerprint density at radius 3 is 2.41 bits per heavy atom. The van der Waals surface area contributed by atoms with Crippen molar-refractivity contribution in [1.29, 1.82) is 0 Å². The van der Waals surface area contributed by atoms with E-state index in [9.17, 15) is 4.79 Å². The molecule has 2 heterocycles. The first-order valence-corrected chi connectivity index (χ1v) is 9.33. The number of carbonyl (C=O) groups is 1. The molecule has 0 spiro atoms. The van der Waals surface area contributed by atoms with Crippen molar-refractivity contribution in [2.45, 2.75) is 13.0 Å². The van der Waals surface area contributed by atoms with Crippen molar-refractivity contribution < 1.29 is 4.79 Å². The quantitative estimate of drug-likeness (QED) is 0.717. The number of hydrogen-bond acceptors (Lipinski definition) is 4. The van der Waals surface area contributed by atoms with Gasteiger partial charge >= 0.3 is 0 Å². The van der Waals surface area contributed by atoms with E-state index in [2.05, 4.69) is 15.1 Å². The highest BCUT2D eigenvalue weighted by Gasteiger charge is 2.20. The molecule has 2 aromatic carbocycles. The molecule has 0 N–H and O–H groups in total. The van der Waals surface area contributed by atoms with Gasteiger partial charge in [-0.3, -0.25) is 9.69 Å². The van der Waals surface area contributed by atoms with Crippen LogP contribution in [0.25, 0.3) is 5.69 Å². The Labute approximate surface area is 159 Å². The number of hydrogen-bond donors (Lipinski definition) is 0. The van der Waals surface area contributed by atoms with Crippen LogP contribution in [0.2, 0.25) is 0 Å². The summed E-state index contributed by atoms with van der Waals surface area (Å²) < 4.78 is 0. The van der Waals surface area contributed by atoms with E-state index in [-0.39, 0.29) is 5.91 Å². The van der Waals surface area contributed by atoms with Crippen molar-refractivity contribution >= 4 is 5.91 Å². The lowest BCUT2D eigenvalue weighted by Gasteiger charge is -2.21. The largest absolute Gasteiger partial charge is 0.337 e. The zero-order chi connectivity index (χ0) is 18.5. The van der Waals surface area contributed by atoms with Gasteiger partial charge < -0.3 is 4.90 Å². The second-order valence-electron chi connectivity index (χ2n) is 6.75. The fraction of sp³-hybridized carbons (Fsp3) is 0.286. The van der Waals surface area contributed by atoms with Crippen molar-refractivity contribution in [3.8, 4) is 5.69 Å². The first-order chi connectivity index (χ1) is 13.3. The molecule has 1 saturated heterocycles. The third-order valence-corrected chi connectivity index (χ3v) is 4.81. The normalized spacial score (nSPS) is 15.5. The summed E-state index contributed by atoms with van der Waals surface area (Å²) in [7, 11) is 0. The molecule has 1 amide bonds. The van der Waals surface area contributed by atoms with Gasteiger partial charge in [0.1, 0.15) is 0 Å². The Hall–Kier alpha value is -2.99. The van der Waals surface area contributed by atoms with Gasteiger partial charge in [-0.2, -0.15) is 15.0 Å². The molecular weight excluding hydrogens is 338 g/mol. The number of amides is 1. The van der Waals surface area contributed by atoms with Crippen LogP contribution >= 0.6 is 0 Å². The van der Waals surface area contributed by atoms with Gasteiger partial charge in [-0.15, -0.1) is 0 Å². The molecule has 0 aliphatic carbocycles. The van der Waals surface area contributed by atoms with Crippen molar-refractivity contribution in [2.75, 3.05) is 26.2 Å². The highest BCUT2D eigenvalue weighted by molar-refractivity contribution is 5.94. The lowest BCUT2D eigenvalue weighted by molar-refractivity contribution is 0.0761. The molecule has 0 atom stereocenters. The van der Waals surface area contributed by atoms with Crippen LogP contribution < -0.4 is 0 Å². The molecule has 6 nitrogen and oxygen atoms in total. The van der Waals surface area contributed by atoms with Gasteiger partial charge in [0.2, 0.25) is 0 Å². The topological polar surface area (TPSA) is 54.3 Å². The summed E-state index contributed by atoms with van der Waals surface area (Å²) in [4.78, 5) is 18.6. The summed E-state index contributed by atoms with van der Waals surface area (Å²) >= 11 is 0. The predicted octanol–water partition coefficient (Wildman–Crippen LogP) is 2.62. The lowest BCUT2D eigenvalue weighted by Crippen LogP contribution is -2.35.